The largest absolute Gasteiger partial charge is 0.485 e. The summed E-state index contributed by atoms with van der Waals surface area (Å²) in [6.45, 7) is 3.73. The van der Waals surface area contributed by atoms with Gasteiger partial charge in [-0.25, -0.2) is 4.98 Å². The molecule has 0 saturated heterocycles. The van der Waals surface area contributed by atoms with Crippen molar-refractivity contribution in [2.45, 2.75) is 32.7 Å². The summed E-state index contributed by atoms with van der Waals surface area (Å²) in [4.78, 5) is 4.08. The molecule has 2 N–H and O–H groups in total. The number of alkyl halides is 3. The highest BCUT2D eigenvalue weighted by Gasteiger charge is 2.34. The number of imidazole rings is 1. The maximum absolute atomic E-state index is 12.9. The van der Waals surface area contributed by atoms with Crippen molar-refractivity contribution in [1.82, 2.24) is 9.55 Å². The van der Waals surface area contributed by atoms with E-state index < -0.39 is 11.7 Å². The molecule has 1 aromatic heterocycles. The molecule has 114 valence electrons. The predicted octanol–water partition coefficient (Wildman–Crippen LogP) is 3.64. The first kappa shape index (κ1) is 15.2. The molecule has 0 unspecified atom stereocenters. The quantitative estimate of drug-likeness (QED) is 0.937. The third-order valence-electron chi connectivity index (χ3n) is 2.97. The van der Waals surface area contributed by atoms with Crippen LogP contribution in [-0.2, 0) is 12.8 Å². The summed E-state index contributed by atoms with van der Waals surface area (Å²) in [5, 5.41) is 0. The minimum absolute atomic E-state index is 0.0453. The van der Waals surface area contributed by atoms with E-state index >= 15 is 0 Å². The molecule has 2 rings (SSSR count). The van der Waals surface area contributed by atoms with Gasteiger partial charge in [0.15, 0.2) is 0 Å². The van der Waals surface area contributed by atoms with E-state index in [1.807, 2.05) is 13.8 Å². The zero-order valence-corrected chi connectivity index (χ0v) is 11.7. The van der Waals surface area contributed by atoms with Crippen molar-refractivity contribution in [3.05, 3.63) is 41.9 Å². The van der Waals surface area contributed by atoms with Crippen LogP contribution in [-0.4, -0.2) is 9.55 Å². The molecule has 0 saturated carbocycles. The van der Waals surface area contributed by atoms with Crippen LogP contribution in [0.1, 0.15) is 31.3 Å². The summed E-state index contributed by atoms with van der Waals surface area (Å²) in [7, 11) is 0. The maximum atomic E-state index is 12.9. The molecule has 2 aromatic rings. The van der Waals surface area contributed by atoms with Crippen LogP contribution < -0.4 is 10.5 Å². The van der Waals surface area contributed by atoms with Crippen molar-refractivity contribution in [3.63, 3.8) is 0 Å². The second-order valence-electron chi connectivity index (χ2n) is 4.85. The van der Waals surface area contributed by atoms with Gasteiger partial charge >= 0.3 is 6.18 Å². The standard InChI is InChI=1S/C14H16F3N3O/c1-9(2)20-12(18)7-19-13(20)8-21-11-6-4-3-5-10(11)14(15,16)17/h3-7,9H,8,18H2,1-2H3. The van der Waals surface area contributed by atoms with E-state index in [9.17, 15) is 13.2 Å². The Bertz CT molecular complexity index is 620. The molecule has 1 aromatic carbocycles. The molecule has 0 fully saturated rings. The van der Waals surface area contributed by atoms with Crippen molar-refractivity contribution >= 4 is 5.82 Å². The van der Waals surface area contributed by atoms with Gasteiger partial charge in [0.25, 0.3) is 0 Å². The number of aromatic nitrogens is 2. The Labute approximate surface area is 120 Å². The van der Waals surface area contributed by atoms with Crippen LogP contribution in [0.5, 0.6) is 5.75 Å². The molecule has 0 bridgehead atoms. The van der Waals surface area contributed by atoms with Gasteiger partial charge in [0.05, 0.1) is 11.8 Å². The number of anilines is 1. The van der Waals surface area contributed by atoms with E-state index in [1.165, 1.54) is 24.4 Å². The van der Waals surface area contributed by atoms with Crippen LogP contribution in [0.25, 0.3) is 0 Å². The van der Waals surface area contributed by atoms with E-state index in [2.05, 4.69) is 4.98 Å². The third kappa shape index (κ3) is 3.29. The molecule has 0 aliphatic heterocycles. The molecule has 0 spiro atoms. The van der Waals surface area contributed by atoms with Crippen molar-refractivity contribution < 1.29 is 17.9 Å². The Morgan fingerprint density at radius 2 is 1.95 bits per heavy atom. The number of nitrogen functional groups attached to an aromatic ring is 1. The molecule has 0 aliphatic rings. The van der Waals surface area contributed by atoms with E-state index in [0.29, 0.717) is 11.6 Å². The number of hydrogen-bond acceptors (Lipinski definition) is 3. The Hall–Kier alpha value is -2.18. The first-order valence-corrected chi connectivity index (χ1v) is 6.41. The highest BCUT2D eigenvalue weighted by molar-refractivity contribution is 5.36. The van der Waals surface area contributed by atoms with E-state index in [4.69, 9.17) is 10.5 Å². The summed E-state index contributed by atoms with van der Waals surface area (Å²) in [5.41, 5.74) is 4.97. The Kier molecular flexibility index (Phi) is 4.11. The van der Waals surface area contributed by atoms with Crippen LogP contribution in [0.3, 0.4) is 0 Å². The molecule has 0 atom stereocenters. The number of nitrogens with two attached hydrogens (primary N) is 1. The van der Waals surface area contributed by atoms with E-state index in [-0.39, 0.29) is 18.4 Å². The second kappa shape index (κ2) is 5.67. The minimum atomic E-state index is -4.46. The lowest BCUT2D eigenvalue weighted by Gasteiger charge is -2.16. The first-order valence-electron chi connectivity index (χ1n) is 6.41. The smallest absolute Gasteiger partial charge is 0.419 e. The Morgan fingerprint density at radius 3 is 2.57 bits per heavy atom. The Morgan fingerprint density at radius 1 is 1.29 bits per heavy atom. The molecule has 7 heteroatoms. The highest BCUT2D eigenvalue weighted by atomic mass is 19.4. The average molecular weight is 299 g/mol. The molecule has 0 amide bonds. The van der Waals surface area contributed by atoms with Crippen molar-refractivity contribution in [3.8, 4) is 5.75 Å². The molecular formula is C14H16F3N3O. The van der Waals surface area contributed by atoms with E-state index in [1.54, 1.807) is 4.57 Å². The van der Waals surface area contributed by atoms with Gasteiger partial charge in [-0.1, -0.05) is 12.1 Å². The lowest BCUT2D eigenvalue weighted by molar-refractivity contribution is -0.139. The number of nitrogens with zero attached hydrogens (tertiary/aromatic N) is 2. The number of rotatable bonds is 4. The SMILES string of the molecule is CC(C)n1c(N)cnc1COc1ccccc1C(F)(F)F. The van der Waals surface area contributed by atoms with Crippen LogP contribution in [0.2, 0.25) is 0 Å². The third-order valence-corrected chi connectivity index (χ3v) is 2.97. The lowest BCUT2D eigenvalue weighted by Crippen LogP contribution is -2.13. The van der Waals surface area contributed by atoms with Gasteiger partial charge in [-0.05, 0) is 26.0 Å². The van der Waals surface area contributed by atoms with Gasteiger partial charge < -0.3 is 15.0 Å². The summed E-state index contributed by atoms with van der Waals surface area (Å²) in [6, 6.07) is 5.13. The summed E-state index contributed by atoms with van der Waals surface area (Å²) in [6.07, 6.45) is -2.99. The van der Waals surface area contributed by atoms with Gasteiger partial charge in [-0.15, -0.1) is 0 Å². The van der Waals surface area contributed by atoms with Crippen LogP contribution in [0.4, 0.5) is 19.0 Å². The number of hydrogen-bond donors (Lipinski definition) is 1. The van der Waals surface area contributed by atoms with Gasteiger partial charge in [-0.3, -0.25) is 0 Å². The number of halogens is 3. The molecule has 4 nitrogen and oxygen atoms in total. The lowest BCUT2D eigenvalue weighted by atomic mass is 10.2. The topological polar surface area (TPSA) is 53.1 Å². The van der Waals surface area contributed by atoms with Crippen LogP contribution >= 0.6 is 0 Å². The Balaban J connectivity index is 2.22. The average Bonchev–Trinajstić information content (AvgIpc) is 2.77. The summed E-state index contributed by atoms with van der Waals surface area (Å²) in [5.74, 6) is 0.717. The van der Waals surface area contributed by atoms with E-state index in [0.717, 1.165) is 6.07 Å². The van der Waals surface area contributed by atoms with Crippen molar-refractivity contribution in [2.24, 2.45) is 0 Å². The maximum Gasteiger partial charge on any atom is 0.419 e. The number of benzene rings is 1. The molecule has 0 aliphatic carbocycles. The second-order valence-corrected chi connectivity index (χ2v) is 4.85. The molecule has 21 heavy (non-hydrogen) atoms. The fourth-order valence-corrected chi connectivity index (χ4v) is 2.09. The number of para-hydroxylation sites is 1. The summed E-state index contributed by atoms with van der Waals surface area (Å²) >= 11 is 0. The molecule has 0 radical (unpaired) electrons. The van der Waals surface area contributed by atoms with Crippen molar-refractivity contribution in [2.75, 3.05) is 5.73 Å². The predicted molar refractivity (Wildman–Crippen MR) is 72.8 cm³/mol. The van der Waals surface area contributed by atoms with Gasteiger partial charge in [0.1, 0.15) is 24.0 Å². The first-order chi connectivity index (χ1) is 9.80. The number of ether oxygens (including phenoxy) is 1. The zero-order chi connectivity index (χ0) is 15.6. The van der Waals surface area contributed by atoms with Gasteiger partial charge in [-0.2, -0.15) is 13.2 Å². The van der Waals surface area contributed by atoms with Crippen LogP contribution in [0, 0.1) is 0 Å². The van der Waals surface area contributed by atoms with Gasteiger partial charge in [0, 0.05) is 6.04 Å². The fraction of sp³-hybridized carbons (Fsp3) is 0.357. The van der Waals surface area contributed by atoms with Crippen LogP contribution in [0.15, 0.2) is 30.5 Å². The highest BCUT2D eigenvalue weighted by Crippen LogP contribution is 2.36. The molecule has 1 heterocycles. The monoisotopic (exact) mass is 299 g/mol. The normalized spacial score (nSPS) is 11.9. The molecular weight excluding hydrogens is 283 g/mol. The van der Waals surface area contributed by atoms with Gasteiger partial charge in [0.2, 0.25) is 0 Å². The zero-order valence-electron chi connectivity index (χ0n) is 11.7. The minimum Gasteiger partial charge on any atom is -0.485 e. The van der Waals surface area contributed by atoms with Crippen molar-refractivity contribution in [1.29, 1.82) is 0 Å². The summed E-state index contributed by atoms with van der Waals surface area (Å²) < 4.78 is 45.6. The fourth-order valence-electron chi connectivity index (χ4n) is 2.09.